The number of aliphatic hydroxyl groups excluding tert-OH is 1. The summed E-state index contributed by atoms with van der Waals surface area (Å²) in [6.07, 6.45) is 8.40. The van der Waals surface area contributed by atoms with Gasteiger partial charge in [-0.25, -0.2) is 4.79 Å². The predicted octanol–water partition coefficient (Wildman–Crippen LogP) is 1.24. The maximum absolute atomic E-state index is 12.2. The first kappa shape index (κ1) is 17.1. The summed E-state index contributed by atoms with van der Waals surface area (Å²) in [5.74, 6) is 0.276. The smallest absolute Gasteiger partial charge is 0.315 e. The van der Waals surface area contributed by atoms with Crippen LogP contribution in [0.15, 0.2) is 0 Å². The highest BCUT2D eigenvalue weighted by atomic mass is 16.3. The lowest BCUT2D eigenvalue weighted by atomic mass is 9.96. The zero-order chi connectivity index (χ0) is 15.8. The predicted molar refractivity (Wildman–Crippen MR) is 84.4 cm³/mol. The lowest BCUT2D eigenvalue weighted by molar-refractivity contribution is -0.130. The Balaban J connectivity index is 1.66. The van der Waals surface area contributed by atoms with Crippen molar-refractivity contribution in [2.24, 2.45) is 5.92 Å². The first-order chi connectivity index (χ1) is 10.7. The molecule has 0 aromatic heterocycles. The van der Waals surface area contributed by atoms with Gasteiger partial charge in [0, 0.05) is 25.7 Å². The van der Waals surface area contributed by atoms with Gasteiger partial charge >= 0.3 is 6.03 Å². The molecule has 1 heterocycles. The number of aliphatic hydroxyl groups is 1. The summed E-state index contributed by atoms with van der Waals surface area (Å²) >= 11 is 0. The van der Waals surface area contributed by atoms with Gasteiger partial charge in [0.1, 0.15) is 0 Å². The molecule has 2 rings (SSSR count). The summed E-state index contributed by atoms with van der Waals surface area (Å²) in [5, 5.41) is 14.8. The van der Waals surface area contributed by atoms with Crippen molar-refractivity contribution in [3.8, 4) is 0 Å². The van der Waals surface area contributed by atoms with Gasteiger partial charge in [0.2, 0.25) is 5.91 Å². The molecule has 0 aromatic carbocycles. The molecule has 0 bridgehead atoms. The highest BCUT2D eigenvalue weighted by Crippen LogP contribution is 2.17. The van der Waals surface area contributed by atoms with Gasteiger partial charge in [-0.05, 0) is 38.0 Å². The lowest BCUT2D eigenvalue weighted by Crippen LogP contribution is -2.47. The van der Waals surface area contributed by atoms with Gasteiger partial charge in [-0.2, -0.15) is 0 Å². The van der Waals surface area contributed by atoms with Crippen LogP contribution in [0.4, 0.5) is 4.79 Å². The van der Waals surface area contributed by atoms with Crippen molar-refractivity contribution in [2.75, 3.05) is 26.2 Å². The van der Waals surface area contributed by atoms with Crippen LogP contribution in [0.3, 0.4) is 0 Å². The van der Waals surface area contributed by atoms with Gasteiger partial charge in [-0.15, -0.1) is 0 Å². The molecule has 1 saturated heterocycles. The van der Waals surface area contributed by atoms with Gasteiger partial charge < -0.3 is 20.6 Å². The largest absolute Gasteiger partial charge is 0.396 e. The zero-order valence-corrected chi connectivity index (χ0v) is 13.4. The van der Waals surface area contributed by atoms with E-state index in [-0.39, 0.29) is 31.1 Å². The fraction of sp³-hybridized carbons (Fsp3) is 0.875. The minimum Gasteiger partial charge on any atom is -0.396 e. The van der Waals surface area contributed by atoms with Crippen molar-refractivity contribution in [3.05, 3.63) is 0 Å². The third kappa shape index (κ3) is 5.48. The van der Waals surface area contributed by atoms with Crippen LogP contribution in [0.1, 0.15) is 51.4 Å². The molecule has 6 nitrogen and oxygen atoms in total. The third-order valence-electron chi connectivity index (χ3n) is 4.80. The van der Waals surface area contributed by atoms with Gasteiger partial charge in [-0.1, -0.05) is 19.3 Å². The summed E-state index contributed by atoms with van der Waals surface area (Å²) < 4.78 is 0. The molecule has 1 saturated carbocycles. The minimum absolute atomic E-state index is 0.0302. The van der Waals surface area contributed by atoms with Crippen LogP contribution in [-0.4, -0.2) is 54.2 Å². The molecular formula is C16H29N3O3. The fourth-order valence-corrected chi connectivity index (χ4v) is 3.35. The number of amides is 3. The number of nitrogens with one attached hydrogen (secondary N) is 2. The van der Waals surface area contributed by atoms with Gasteiger partial charge in [-0.3, -0.25) is 4.79 Å². The van der Waals surface area contributed by atoms with Crippen molar-refractivity contribution < 1.29 is 14.7 Å². The number of urea groups is 1. The third-order valence-corrected chi connectivity index (χ3v) is 4.80. The Morgan fingerprint density at radius 1 is 1.00 bits per heavy atom. The van der Waals surface area contributed by atoms with E-state index < -0.39 is 0 Å². The molecule has 3 amide bonds. The summed E-state index contributed by atoms with van der Waals surface area (Å²) in [4.78, 5) is 25.8. The topological polar surface area (TPSA) is 81.7 Å². The molecule has 6 heteroatoms. The second kappa shape index (κ2) is 8.98. The number of nitrogens with zero attached hydrogens (tertiary/aromatic N) is 1. The number of rotatable bonds is 4. The molecule has 2 aliphatic rings. The molecule has 1 atom stereocenters. The molecule has 3 N–H and O–H groups in total. The van der Waals surface area contributed by atoms with Crippen molar-refractivity contribution >= 4 is 11.9 Å². The Morgan fingerprint density at radius 3 is 2.50 bits per heavy atom. The molecule has 0 radical (unpaired) electrons. The highest BCUT2D eigenvalue weighted by Gasteiger charge is 2.21. The van der Waals surface area contributed by atoms with E-state index in [1.54, 1.807) is 4.90 Å². The van der Waals surface area contributed by atoms with Crippen molar-refractivity contribution in [1.82, 2.24) is 15.5 Å². The molecule has 2 fully saturated rings. The van der Waals surface area contributed by atoms with E-state index in [0.717, 1.165) is 38.6 Å². The van der Waals surface area contributed by atoms with Gasteiger partial charge in [0.05, 0.1) is 6.54 Å². The first-order valence-corrected chi connectivity index (χ1v) is 8.62. The SMILES string of the molecule is O=C(NCC(=O)N1CCCC(CO)CC1)NC1CCCCC1. The monoisotopic (exact) mass is 311 g/mol. The number of hydrogen-bond acceptors (Lipinski definition) is 3. The van der Waals surface area contributed by atoms with Crippen LogP contribution >= 0.6 is 0 Å². The first-order valence-electron chi connectivity index (χ1n) is 8.62. The average Bonchev–Trinajstić information content (AvgIpc) is 2.79. The normalized spacial score (nSPS) is 23.7. The van der Waals surface area contributed by atoms with E-state index in [9.17, 15) is 14.7 Å². The Hall–Kier alpha value is -1.30. The molecule has 1 aliphatic carbocycles. The Labute approximate surface area is 132 Å². The number of carbonyl (C=O) groups is 2. The molecular weight excluding hydrogens is 282 g/mol. The van der Waals surface area contributed by atoms with E-state index in [4.69, 9.17) is 0 Å². The van der Waals surface area contributed by atoms with E-state index in [1.165, 1.54) is 19.3 Å². The fourth-order valence-electron chi connectivity index (χ4n) is 3.35. The number of hydrogen-bond donors (Lipinski definition) is 3. The van der Waals surface area contributed by atoms with Crippen molar-refractivity contribution in [3.63, 3.8) is 0 Å². The van der Waals surface area contributed by atoms with E-state index in [1.807, 2.05) is 0 Å². The van der Waals surface area contributed by atoms with Crippen LogP contribution in [0.5, 0.6) is 0 Å². The number of likely N-dealkylation sites (tertiary alicyclic amines) is 1. The van der Waals surface area contributed by atoms with Crippen molar-refractivity contribution in [1.29, 1.82) is 0 Å². The van der Waals surface area contributed by atoms with E-state index >= 15 is 0 Å². The summed E-state index contributed by atoms with van der Waals surface area (Å²) in [7, 11) is 0. The Bertz CT molecular complexity index is 370. The average molecular weight is 311 g/mol. The van der Waals surface area contributed by atoms with Crippen molar-refractivity contribution in [2.45, 2.75) is 57.4 Å². The van der Waals surface area contributed by atoms with Crippen LogP contribution in [0.2, 0.25) is 0 Å². The Morgan fingerprint density at radius 2 is 1.77 bits per heavy atom. The molecule has 22 heavy (non-hydrogen) atoms. The van der Waals surface area contributed by atoms with Gasteiger partial charge in [0.15, 0.2) is 0 Å². The second-order valence-corrected chi connectivity index (χ2v) is 6.52. The summed E-state index contributed by atoms with van der Waals surface area (Å²) in [6.45, 7) is 1.66. The van der Waals surface area contributed by atoms with Crippen LogP contribution in [0.25, 0.3) is 0 Å². The summed E-state index contributed by atoms with van der Waals surface area (Å²) in [6, 6.07) is 0.0238. The zero-order valence-electron chi connectivity index (χ0n) is 13.4. The standard InChI is InChI=1S/C16H29N3O3/c20-12-13-5-4-9-19(10-8-13)15(21)11-17-16(22)18-14-6-2-1-3-7-14/h13-14,20H,1-12H2,(H2,17,18,22). The number of carbonyl (C=O) groups excluding carboxylic acids is 2. The van der Waals surface area contributed by atoms with Crippen LogP contribution in [0, 0.1) is 5.92 Å². The highest BCUT2D eigenvalue weighted by molar-refractivity contribution is 5.84. The van der Waals surface area contributed by atoms with Crippen LogP contribution in [-0.2, 0) is 4.79 Å². The quantitative estimate of drug-likeness (QED) is 0.730. The molecule has 126 valence electrons. The summed E-state index contributed by atoms with van der Waals surface area (Å²) in [5.41, 5.74) is 0. The molecule has 1 unspecified atom stereocenters. The second-order valence-electron chi connectivity index (χ2n) is 6.52. The van der Waals surface area contributed by atoms with E-state index in [2.05, 4.69) is 10.6 Å². The maximum Gasteiger partial charge on any atom is 0.315 e. The molecule has 1 aliphatic heterocycles. The van der Waals surface area contributed by atoms with Gasteiger partial charge in [0.25, 0.3) is 0 Å². The maximum atomic E-state index is 12.2. The lowest BCUT2D eigenvalue weighted by Gasteiger charge is -2.24. The van der Waals surface area contributed by atoms with Crippen LogP contribution < -0.4 is 10.6 Å². The van der Waals surface area contributed by atoms with E-state index in [0.29, 0.717) is 12.5 Å². The minimum atomic E-state index is -0.233. The molecule has 0 spiro atoms. The molecule has 0 aromatic rings. The Kier molecular flexibility index (Phi) is 6.96.